The molecule has 3 nitrogen and oxygen atoms in total. The molecule has 1 unspecified atom stereocenters. The molecule has 0 spiro atoms. The Bertz CT molecular complexity index is 516. The Morgan fingerprint density at radius 2 is 2.32 bits per heavy atom. The standard InChI is InChI=1S/C14H17FN2OS/c1-3-17-13(7-11-8-16-9-19-11)10-4-5-14(18-2)12(15)6-10/h4-6,8-9,13,17H,3,7H2,1-2H3. The molecule has 0 bridgehead atoms. The second kappa shape index (κ2) is 6.63. The van der Waals surface area contributed by atoms with E-state index in [2.05, 4.69) is 10.3 Å². The Kier molecular flexibility index (Phi) is 4.87. The third-order valence-corrected chi connectivity index (χ3v) is 3.72. The summed E-state index contributed by atoms with van der Waals surface area (Å²) in [5.74, 6) is -0.0519. The molecule has 0 amide bonds. The molecule has 1 aromatic carbocycles. The lowest BCUT2D eigenvalue weighted by Crippen LogP contribution is -2.22. The van der Waals surface area contributed by atoms with Crippen LogP contribution in [0.4, 0.5) is 4.39 Å². The zero-order valence-electron chi connectivity index (χ0n) is 11.0. The Morgan fingerprint density at radius 1 is 1.47 bits per heavy atom. The number of benzene rings is 1. The van der Waals surface area contributed by atoms with E-state index in [1.807, 2.05) is 24.7 Å². The quantitative estimate of drug-likeness (QED) is 0.882. The largest absolute Gasteiger partial charge is 0.494 e. The summed E-state index contributed by atoms with van der Waals surface area (Å²) in [6.45, 7) is 2.87. The topological polar surface area (TPSA) is 34.2 Å². The van der Waals surface area contributed by atoms with Gasteiger partial charge in [-0.3, -0.25) is 4.98 Å². The van der Waals surface area contributed by atoms with Gasteiger partial charge in [-0.15, -0.1) is 11.3 Å². The van der Waals surface area contributed by atoms with Crippen LogP contribution in [0.3, 0.4) is 0 Å². The van der Waals surface area contributed by atoms with Gasteiger partial charge in [0, 0.05) is 23.5 Å². The van der Waals surface area contributed by atoms with Crippen molar-refractivity contribution in [2.45, 2.75) is 19.4 Å². The third-order valence-electron chi connectivity index (χ3n) is 2.92. The van der Waals surface area contributed by atoms with Gasteiger partial charge in [-0.2, -0.15) is 0 Å². The molecule has 19 heavy (non-hydrogen) atoms. The van der Waals surface area contributed by atoms with Gasteiger partial charge >= 0.3 is 0 Å². The Hall–Kier alpha value is -1.46. The van der Waals surface area contributed by atoms with Gasteiger partial charge in [-0.1, -0.05) is 13.0 Å². The lowest BCUT2D eigenvalue weighted by Gasteiger charge is -2.18. The summed E-state index contributed by atoms with van der Waals surface area (Å²) in [5, 5.41) is 3.37. The number of halogens is 1. The van der Waals surface area contributed by atoms with Crippen LogP contribution >= 0.6 is 11.3 Å². The fraction of sp³-hybridized carbons (Fsp3) is 0.357. The van der Waals surface area contributed by atoms with Gasteiger partial charge in [0.15, 0.2) is 11.6 Å². The van der Waals surface area contributed by atoms with Gasteiger partial charge in [0.1, 0.15) is 0 Å². The van der Waals surface area contributed by atoms with E-state index in [-0.39, 0.29) is 17.6 Å². The zero-order chi connectivity index (χ0) is 13.7. The van der Waals surface area contributed by atoms with Gasteiger partial charge in [0.05, 0.1) is 12.6 Å². The highest BCUT2D eigenvalue weighted by atomic mass is 32.1. The maximum absolute atomic E-state index is 13.8. The van der Waals surface area contributed by atoms with Crippen molar-refractivity contribution >= 4 is 11.3 Å². The van der Waals surface area contributed by atoms with Crippen molar-refractivity contribution < 1.29 is 9.13 Å². The monoisotopic (exact) mass is 280 g/mol. The van der Waals surface area contributed by atoms with Crippen LogP contribution < -0.4 is 10.1 Å². The van der Waals surface area contributed by atoms with Crippen molar-refractivity contribution in [3.05, 3.63) is 46.2 Å². The van der Waals surface area contributed by atoms with Crippen molar-refractivity contribution in [1.29, 1.82) is 0 Å². The molecule has 1 atom stereocenters. The summed E-state index contributed by atoms with van der Waals surface area (Å²) < 4.78 is 18.7. The number of nitrogens with zero attached hydrogens (tertiary/aromatic N) is 1. The van der Waals surface area contributed by atoms with Crippen molar-refractivity contribution in [3.63, 3.8) is 0 Å². The van der Waals surface area contributed by atoms with Crippen LogP contribution in [-0.4, -0.2) is 18.6 Å². The highest BCUT2D eigenvalue weighted by Crippen LogP contribution is 2.25. The van der Waals surface area contributed by atoms with E-state index in [1.165, 1.54) is 18.1 Å². The number of hydrogen-bond acceptors (Lipinski definition) is 4. The Balaban J connectivity index is 2.20. The lowest BCUT2D eigenvalue weighted by molar-refractivity contribution is 0.385. The summed E-state index contributed by atoms with van der Waals surface area (Å²) in [5.41, 5.74) is 2.74. The minimum Gasteiger partial charge on any atom is -0.494 e. The SMILES string of the molecule is CCNC(Cc1cncs1)c1ccc(OC)c(F)c1. The molecule has 2 rings (SSSR count). The first kappa shape index (κ1) is 14.0. The van der Waals surface area contributed by atoms with Crippen LogP contribution in [-0.2, 0) is 6.42 Å². The fourth-order valence-corrected chi connectivity index (χ4v) is 2.64. The molecule has 1 aromatic heterocycles. The highest BCUT2D eigenvalue weighted by molar-refractivity contribution is 7.09. The minimum atomic E-state index is -0.327. The molecule has 0 aliphatic rings. The number of rotatable bonds is 6. The van der Waals surface area contributed by atoms with Gasteiger partial charge < -0.3 is 10.1 Å². The number of methoxy groups -OCH3 is 1. The molecule has 1 N–H and O–H groups in total. The van der Waals surface area contributed by atoms with Crippen molar-refractivity contribution in [1.82, 2.24) is 10.3 Å². The second-order valence-corrected chi connectivity index (χ2v) is 5.15. The molecular formula is C14H17FN2OS. The normalized spacial score (nSPS) is 12.4. The smallest absolute Gasteiger partial charge is 0.165 e. The van der Waals surface area contributed by atoms with Gasteiger partial charge in [-0.25, -0.2) is 4.39 Å². The van der Waals surface area contributed by atoms with E-state index in [0.29, 0.717) is 0 Å². The number of aromatic nitrogens is 1. The predicted molar refractivity (Wildman–Crippen MR) is 75.2 cm³/mol. The van der Waals surface area contributed by atoms with Crippen LogP contribution in [0.15, 0.2) is 29.9 Å². The number of likely N-dealkylation sites (N-methyl/N-ethyl adjacent to an activating group) is 1. The fourth-order valence-electron chi connectivity index (χ4n) is 2.00. The van der Waals surface area contributed by atoms with Crippen molar-refractivity contribution in [2.75, 3.05) is 13.7 Å². The van der Waals surface area contributed by atoms with E-state index in [4.69, 9.17) is 4.74 Å². The molecule has 5 heteroatoms. The summed E-state index contributed by atoms with van der Waals surface area (Å²) in [6, 6.07) is 5.19. The van der Waals surface area contributed by atoms with E-state index >= 15 is 0 Å². The summed E-state index contributed by atoms with van der Waals surface area (Å²) in [4.78, 5) is 5.25. The van der Waals surface area contributed by atoms with E-state index in [1.54, 1.807) is 17.4 Å². The average Bonchev–Trinajstić information content (AvgIpc) is 2.91. The first-order valence-corrected chi connectivity index (χ1v) is 7.06. The molecule has 0 aliphatic carbocycles. The molecule has 102 valence electrons. The summed E-state index contributed by atoms with van der Waals surface area (Å²) >= 11 is 1.61. The number of ether oxygens (including phenoxy) is 1. The van der Waals surface area contributed by atoms with Crippen LogP contribution in [0.5, 0.6) is 5.75 Å². The highest BCUT2D eigenvalue weighted by Gasteiger charge is 2.14. The average molecular weight is 280 g/mol. The number of nitrogens with one attached hydrogen (secondary N) is 1. The number of thiazole rings is 1. The maximum atomic E-state index is 13.8. The van der Waals surface area contributed by atoms with Crippen molar-refractivity contribution in [2.24, 2.45) is 0 Å². The Labute approximate surface area is 116 Å². The first-order chi connectivity index (χ1) is 9.24. The summed E-state index contributed by atoms with van der Waals surface area (Å²) in [6.07, 6.45) is 2.67. The van der Waals surface area contributed by atoms with Crippen LogP contribution in [0, 0.1) is 5.82 Å². The minimum absolute atomic E-state index is 0.0888. The first-order valence-electron chi connectivity index (χ1n) is 6.18. The zero-order valence-corrected chi connectivity index (χ0v) is 11.8. The molecule has 1 heterocycles. The Morgan fingerprint density at radius 3 is 2.89 bits per heavy atom. The van der Waals surface area contributed by atoms with Gasteiger partial charge in [-0.05, 0) is 24.2 Å². The summed E-state index contributed by atoms with van der Waals surface area (Å²) in [7, 11) is 1.47. The molecule has 0 radical (unpaired) electrons. The second-order valence-electron chi connectivity index (χ2n) is 4.18. The predicted octanol–water partition coefficient (Wildman–Crippen LogP) is 3.18. The molecular weight excluding hydrogens is 263 g/mol. The van der Waals surface area contributed by atoms with E-state index in [9.17, 15) is 4.39 Å². The maximum Gasteiger partial charge on any atom is 0.165 e. The van der Waals surface area contributed by atoms with E-state index < -0.39 is 0 Å². The van der Waals surface area contributed by atoms with Crippen molar-refractivity contribution in [3.8, 4) is 5.75 Å². The van der Waals surface area contributed by atoms with Crippen LogP contribution in [0.25, 0.3) is 0 Å². The molecule has 0 aliphatic heterocycles. The van der Waals surface area contributed by atoms with Crippen LogP contribution in [0.2, 0.25) is 0 Å². The molecule has 0 saturated carbocycles. The van der Waals surface area contributed by atoms with Crippen LogP contribution in [0.1, 0.15) is 23.4 Å². The molecule has 0 fully saturated rings. The number of hydrogen-bond donors (Lipinski definition) is 1. The van der Waals surface area contributed by atoms with E-state index in [0.717, 1.165) is 18.5 Å². The lowest BCUT2D eigenvalue weighted by atomic mass is 10.0. The van der Waals surface area contributed by atoms with Gasteiger partial charge in [0.25, 0.3) is 0 Å². The molecule has 0 saturated heterocycles. The van der Waals surface area contributed by atoms with Gasteiger partial charge in [0.2, 0.25) is 0 Å². The molecule has 2 aromatic rings. The third kappa shape index (κ3) is 3.52.